The molecule has 2 rings (SSSR count). The number of rotatable bonds is 4. The number of hydrogen-bond acceptors (Lipinski definition) is 6. The molecule has 140 valence electrons. The topological polar surface area (TPSA) is 120 Å². The number of nitrogens with one attached hydrogen (secondary N) is 1. The van der Waals surface area contributed by atoms with Gasteiger partial charge in [0, 0.05) is 11.3 Å². The summed E-state index contributed by atoms with van der Waals surface area (Å²) >= 11 is 8.84. The summed E-state index contributed by atoms with van der Waals surface area (Å²) in [7, 11) is -8.44. The van der Waals surface area contributed by atoms with E-state index < -0.39 is 32.2 Å². The zero-order chi connectivity index (χ0) is 19.8. The van der Waals surface area contributed by atoms with Gasteiger partial charge >= 0.3 is 29.6 Å². The molecule has 0 aliphatic carbocycles. The molecular formula is C14H9Br3NNaO6S2. The van der Waals surface area contributed by atoms with Crippen molar-refractivity contribution < 1.29 is 55.7 Å². The molecule has 0 saturated carbocycles. The van der Waals surface area contributed by atoms with Gasteiger partial charge in [-0.3, -0.25) is 4.79 Å². The third kappa shape index (κ3) is 6.34. The average molecular weight is 614 g/mol. The van der Waals surface area contributed by atoms with E-state index in [0.717, 1.165) is 12.1 Å². The maximum Gasteiger partial charge on any atom is 1.00 e. The standard InChI is InChI=1S/C14H10Br3NO6S2.Na/c15-14(16,17)25(20,21)12-3-1-2-9(8-12)13(19)18-10-4-6-11(7-5-10)26(22,23)24;/h1-8H,(H,18,19)(H,22,23,24);/q;+1/p-1. The number of carbonyl (C=O) groups excluding carboxylic acids is 1. The summed E-state index contributed by atoms with van der Waals surface area (Å²) in [6.45, 7) is 0. The van der Waals surface area contributed by atoms with E-state index in [1.807, 2.05) is 0 Å². The van der Waals surface area contributed by atoms with E-state index in [1.54, 1.807) is 0 Å². The van der Waals surface area contributed by atoms with Crippen LogP contribution in [0.4, 0.5) is 5.69 Å². The molecule has 1 N–H and O–H groups in total. The van der Waals surface area contributed by atoms with Gasteiger partial charge in [0.05, 0.1) is 9.79 Å². The molecule has 2 aromatic rings. The molecule has 2 aromatic carbocycles. The van der Waals surface area contributed by atoms with E-state index >= 15 is 0 Å². The third-order valence-electron chi connectivity index (χ3n) is 3.11. The van der Waals surface area contributed by atoms with Crippen LogP contribution in [-0.2, 0) is 20.0 Å². The van der Waals surface area contributed by atoms with Crippen molar-refractivity contribution >= 4 is 79.3 Å². The van der Waals surface area contributed by atoms with Crippen LogP contribution in [0.5, 0.6) is 0 Å². The normalized spacial score (nSPS) is 12.1. The molecule has 0 bridgehead atoms. The first-order valence-electron chi connectivity index (χ1n) is 6.61. The Bertz CT molecular complexity index is 1050. The predicted octanol–water partition coefficient (Wildman–Crippen LogP) is 0.417. The second kappa shape index (κ2) is 9.35. The predicted molar refractivity (Wildman–Crippen MR) is 105 cm³/mol. The van der Waals surface area contributed by atoms with Crippen molar-refractivity contribution in [2.45, 2.75) is 11.3 Å². The van der Waals surface area contributed by atoms with E-state index in [0.29, 0.717) is 0 Å². The van der Waals surface area contributed by atoms with Gasteiger partial charge in [-0.25, -0.2) is 16.8 Å². The summed E-state index contributed by atoms with van der Waals surface area (Å²) in [5.74, 6) is -0.607. The molecule has 0 aromatic heterocycles. The average Bonchev–Trinajstić information content (AvgIpc) is 2.53. The molecule has 0 radical (unpaired) electrons. The molecule has 1 amide bonds. The van der Waals surface area contributed by atoms with Crippen LogP contribution in [0.1, 0.15) is 10.4 Å². The van der Waals surface area contributed by atoms with Crippen LogP contribution in [0.25, 0.3) is 0 Å². The zero-order valence-corrected chi connectivity index (χ0v) is 21.9. The molecule has 0 aliphatic rings. The molecular weight excluding hydrogens is 605 g/mol. The van der Waals surface area contributed by atoms with Crippen LogP contribution < -0.4 is 34.9 Å². The Kier molecular flexibility index (Phi) is 8.74. The van der Waals surface area contributed by atoms with E-state index in [-0.39, 0.29) is 45.7 Å². The van der Waals surface area contributed by atoms with Crippen molar-refractivity contribution in [3.63, 3.8) is 0 Å². The molecule has 0 unspecified atom stereocenters. The van der Waals surface area contributed by atoms with Crippen LogP contribution in [0.2, 0.25) is 0 Å². The summed E-state index contributed by atoms with van der Waals surface area (Å²) in [6, 6.07) is 9.99. The number of sulfone groups is 1. The number of benzene rings is 2. The van der Waals surface area contributed by atoms with Crippen LogP contribution in [0, 0.1) is 0 Å². The molecule has 7 nitrogen and oxygen atoms in total. The Morgan fingerprint density at radius 3 is 1.96 bits per heavy atom. The number of anilines is 1. The van der Waals surface area contributed by atoms with Gasteiger partial charge in [0.15, 0.2) is 0 Å². The summed E-state index contributed by atoms with van der Waals surface area (Å²) in [5, 5.41) is 2.49. The number of hydrogen-bond donors (Lipinski definition) is 1. The maximum atomic E-state index is 12.4. The second-order valence-corrected chi connectivity index (χ2v) is 16.7. The fraction of sp³-hybridized carbons (Fsp3) is 0.0714. The minimum absolute atomic E-state index is 0. The minimum Gasteiger partial charge on any atom is -0.744 e. The van der Waals surface area contributed by atoms with E-state index in [9.17, 15) is 26.2 Å². The Balaban J connectivity index is 0.00000364. The number of amides is 1. The Labute approximate surface area is 203 Å². The quantitative estimate of drug-likeness (QED) is 0.303. The summed E-state index contributed by atoms with van der Waals surface area (Å²) in [4.78, 5) is 11.8. The van der Waals surface area contributed by atoms with Gasteiger partial charge in [0.2, 0.25) is 11.3 Å². The van der Waals surface area contributed by atoms with E-state index in [4.69, 9.17) is 0 Å². The van der Waals surface area contributed by atoms with Crippen LogP contribution in [0.3, 0.4) is 0 Å². The second-order valence-electron chi connectivity index (χ2n) is 4.91. The van der Waals surface area contributed by atoms with Crippen molar-refractivity contribution in [3.05, 3.63) is 54.1 Å². The summed E-state index contributed by atoms with van der Waals surface area (Å²) in [5.41, 5.74) is 0.315. The summed E-state index contributed by atoms with van der Waals surface area (Å²) < 4.78 is 55.8. The molecule has 0 atom stereocenters. The van der Waals surface area contributed by atoms with Crippen molar-refractivity contribution in [3.8, 4) is 0 Å². The van der Waals surface area contributed by atoms with Gasteiger partial charge in [-0.15, -0.1) is 0 Å². The van der Waals surface area contributed by atoms with Crippen LogP contribution in [-0.4, -0.2) is 28.8 Å². The first kappa shape index (κ1) is 25.2. The fourth-order valence-corrected chi connectivity index (χ4v) is 4.81. The van der Waals surface area contributed by atoms with Gasteiger partial charge in [-0.05, 0) is 90.3 Å². The van der Waals surface area contributed by atoms with Gasteiger partial charge in [-0.1, -0.05) is 6.07 Å². The number of halogens is 3. The Morgan fingerprint density at radius 2 is 1.48 bits per heavy atom. The van der Waals surface area contributed by atoms with Crippen molar-refractivity contribution in [2.75, 3.05) is 5.32 Å². The fourth-order valence-electron chi connectivity index (χ4n) is 1.85. The number of alkyl halides is 3. The molecule has 0 saturated heterocycles. The van der Waals surface area contributed by atoms with Gasteiger partial charge < -0.3 is 9.87 Å². The maximum absolute atomic E-state index is 12.4. The van der Waals surface area contributed by atoms with Gasteiger partial charge in [-0.2, -0.15) is 0 Å². The third-order valence-corrected chi connectivity index (χ3v) is 9.28. The molecule has 27 heavy (non-hydrogen) atoms. The van der Waals surface area contributed by atoms with E-state index in [2.05, 4.69) is 53.1 Å². The Morgan fingerprint density at radius 1 is 0.926 bits per heavy atom. The van der Waals surface area contributed by atoms with Crippen molar-refractivity contribution in [2.24, 2.45) is 0 Å². The first-order valence-corrected chi connectivity index (χ1v) is 11.9. The Hall–Kier alpha value is 0.210. The first-order chi connectivity index (χ1) is 11.8. The zero-order valence-electron chi connectivity index (χ0n) is 13.5. The molecule has 0 spiro atoms. The molecule has 13 heteroatoms. The van der Waals surface area contributed by atoms with E-state index in [1.165, 1.54) is 36.4 Å². The SMILES string of the molecule is O=C(Nc1ccc(S(=O)(=O)[O-])cc1)c1cccc(S(=O)(=O)C(Br)(Br)Br)c1.[Na+]. The monoisotopic (exact) mass is 611 g/mol. The number of carbonyl (C=O) groups is 1. The minimum atomic E-state index is -4.58. The van der Waals surface area contributed by atoms with Gasteiger partial charge in [0.1, 0.15) is 10.1 Å². The molecule has 0 aliphatic heterocycles. The van der Waals surface area contributed by atoms with Crippen molar-refractivity contribution in [1.29, 1.82) is 0 Å². The van der Waals surface area contributed by atoms with Crippen LogP contribution >= 0.6 is 47.8 Å². The smallest absolute Gasteiger partial charge is 0.744 e. The summed E-state index contributed by atoms with van der Waals surface area (Å²) in [6.07, 6.45) is 0. The van der Waals surface area contributed by atoms with Crippen LogP contribution in [0.15, 0.2) is 58.3 Å². The molecule has 0 heterocycles. The van der Waals surface area contributed by atoms with Gasteiger partial charge in [0.25, 0.3) is 5.91 Å². The van der Waals surface area contributed by atoms with Crippen molar-refractivity contribution in [1.82, 2.24) is 0 Å². The molecule has 0 fully saturated rings. The largest absolute Gasteiger partial charge is 1.00 e.